The van der Waals surface area contributed by atoms with Gasteiger partial charge in [-0.3, -0.25) is 14.7 Å². The van der Waals surface area contributed by atoms with Gasteiger partial charge >= 0.3 is 6.03 Å². The number of benzene rings is 2. The van der Waals surface area contributed by atoms with Crippen LogP contribution in [0.3, 0.4) is 0 Å². The van der Waals surface area contributed by atoms with E-state index in [0.29, 0.717) is 5.02 Å². The zero-order valence-electron chi connectivity index (χ0n) is 13.9. The smallest absolute Gasteiger partial charge is 0.297 e. The largest absolute Gasteiger partial charge is 0.326 e. The summed E-state index contributed by atoms with van der Waals surface area (Å²) >= 11 is 6.35. The van der Waals surface area contributed by atoms with Crippen LogP contribution in [-0.4, -0.2) is 43.0 Å². The highest BCUT2D eigenvalue weighted by Gasteiger charge is 2.53. The van der Waals surface area contributed by atoms with Gasteiger partial charge in [0.1, 0.15) is 0 Å². The molecule has 0 radical (unpaired) electrons. The fourth-order valence-electron chi connectivity index (χ4n) is 4.15. The molecule has 2 heterocycles. The molecule has 5 heteroatoms. The fraction of sp³-hybridized carbons (Fsp3) is 0.316. The van der Waals surface area contributed by atoms with Gasteiger partial charge in [-0.25, -0.2) is 4.79 Å². The molecule has 2 amide bonds. The maximum absolute atomic E-state index is 13.1. The average molecular weight is 342 g/mol. The topological polar surface area (TPSA) is 26.8 Å². The number of hydrogen-bond donors (Lipinski definition) is 0. The van der Waals surface area contributed by atoms with Gasteiger partial charge in [-0.2, -0.15) is 0 Å². The normalized spacial score (nSPS) is 23.9. The fourth-order valence-corrected chi connectivity index (χ4v) is 4.32. The molecule has 4 rings (SSSR count). The van der Waals surface area contributed by atoms with E-state index in [2.05, 4.69) is 24.1 Å². The van der Waals surface area contributed by atoms with Crippen molar-refractivity contribution in [2.24, 2.45) is 0 Å². The van der Waals surface area contributed by atoms with E-state index >= 15 is 0 Å². The minimum absolute atomic E-state index is 0.0280. The van der Waals surface area contributed by atoms with Crippen molar-refractivity contribution in [2.45, 2.75) is 12.1 Å². The SMILES string of the molecule is CN1C(=O)N2CCCN(C)C2(c2ccccc2)c2cc(Cl)ccc21. The van der Waals surface area contributed by atoms with Crippen molar-refractivity contribution in [3.05, 3.63) is 64.7 Å². The molecule has 2 aliphatic rings. The number of amides is 2. The van der Waals surface area contributed by atoms with Crippen molar-refractivity contribution in [2.75, 3.05) is 32.1 Å². The Labute approximate surface area is 147 Å². The lowest BCUT2D eigenvalue weighted by molar-refractivity contribution is -0.0227. The number of anilines is 1. The van der Waals surface area contributed by atoms with Crippen molar-refractivity contribution >= 4 is 23.3 Å². The van der Waals surface area contributed by atoms with E-state index in [-0.39, 0.29) is 6.03 Å². The van der Waals surface area contributed by atoms with Crippen LogP contribution in [0.1, 0.15) is 17.5 Å². The molecule has 2 aromatic rings. The molecule has 1 unspecified atom stereocenters. The molecule has 0 N–H and O–H groups in total. The third kappa shape index (κ3) is 1.93. The zero-order valence-corrected chi connectivity index (χ0v) is 14.6. The summed E-state index contributed by atoms with van der Waals surface area (Å²) < 4.78 is 0. The van der Waals surface area contributed by atoms with Gasteiger partial charge in [0.2, 0.25) is 0 Å². The molecule has 0 spiro atoms. The summed E-state index contributed by atoms with van der Waals surface area (Å²) in [5, 5.41) is 0.686. The van der Waals surface area contributed by atoms with Crippen molar-refractivity contribution < 1.29 is 4.79 Å². The second-order valence-electron chi connectivity index (χ2n) is 6.47. The lowest BCUT2D eigenvalue weighted by Crippen LogP contribution is -2.67. The van der Waals surface area contributed by atoms with Crippen LogP contribution in [0.4, 0.5) is 10.5 Å². The summed E-state index contributed by atoms with van der Waals surface area (Å²) in [6.07, 6.45) is 0.959. The van der Waals surface area contributed by atoms with Gasteiger partial charge in [-0.1, -0.05) is 41.9 Å². The summed E-state index contributed by atoms with van der Waals surface area (Å²) in [5.74, 6) is 0. The summed E-state index contributed by atoms with van der Waals surface area (Å²) in [6, 6.07) is 16.1. The Kier molecular flexibility index (Phi) is 3.55. The molecule has 1 atom stereocenters. The van der Waals surface area contributed by atoms with Crippen molar-refractivity contribution in [3.8, 4) is 0 Å². The number of rotatable bonds is 1. The van der Waals surface area contributed by atoms with E-state index in [1.165, 1.54) is 0 Å². The second kappa shape index (κ2) is 5.50. The number of halogens is 1. The van der Waals surface area contributed by atoms with Crippen LogP contribution in [0.15, 0.2) is 48.5 Å². The van der Waals surface area contributed by atoms with Crippen LogP contribution in [0.2, 0.25) is 5.02 Å². The van der Waals surface area contributed by atoms with E-state index in [4.69, 9.17) is 11.6 Å². The molecular formula is C19H20ClN3O. The highest BCUT2D eigenvalue weighted by Crippen LogP contribution is 2.49. The number of carbonyl (C=O) groups is 1. The number of carbonyl (C=O) groups excluding carboxylic acids is 1. The number of nitrogens with zero attached hydrogens (tertiary/aromatic N) is 3. The lowest BCUT2D eigenvalue weighted by Gasteiger charge is -2.57. The van der Waals surface area contributed by atoms with Crippen LogP contribution in [-0.2, 0) is 5.66 Å². The van der Waals surface area contributed by atoms with Crippen LogP contribution in [0, 0.1) is 0 Å². The molecular weight excluding hydrogens is 322 g/mol. The predicted octanol–water partition coefficient (Wildman–Crippen LogP) is 3.75. The molecule has 1 saturated heterocycles. The molecule has 2 aliphatic heterocycles. The molecule has 0 aliphatic carbocycles. The first-order chi connectivity index (χ1) is 11.6. The molecule has 4 nitrogen and oxygen atoms in total. The maximum atomic E-state index is 13.1. The van der Waals surface area contributed by atoms with Crippen molar-refractivity contribution in [1.82, 2.24) is 9.80 Å². The summed E-state index contributed by atoms with van der Waals surface area (Å²) in [7, 11) is 3.92. The number of urea groups is 1. The van der Waals surface area contributed by atoms with Gasteiger partial charge in [0.15, 0.2) is 5.66 Å². The van der Waals surface area contributed by atoms with Gasteiger partial charge in [-0.15, -0.1) is 0 Å². The summed E-state index contributed by atoms with van der Waals surface area (Å²) in [6.45, 7) is 1.66. The Balaban J connectivity index is 2.09. The first kappa shape index (κ1) is 15.5. The Hall–Kier alpha value is -2.04. The Morgan fingerprint density at radius 1 is 1.04 bits per heavy atom. The van der Waals surface area contributed by atoms with Crippen LogP contribution < -0.4 is 4.90 Å². The standard InChI is InChI=1S/C19H20ClN3O/c1-21-11-6-12-23-18(24)22(2)17-10-9-15(20)13-16(17)19(21,23)14-7-4-3-5-8-14/h3-5,7-10,13H,6,11-12H2,1-2H3. The molecule has 0 bridgehead atoms. The van der Waals surface area contributed by atoms with E-state index in [9.17, 15) is 4.79 Å². The van der Waals surface area contributed by atoms with Gasteiger partial charge < -0.3 is 0 Å². The molecule has 0 saturated carbocycles. The minimum atomic E-state index is -0.608. The van der Waals surface area contributed by atoms with Gasteiger partial charge in [0.25, 0.3) is 0 Å². The van der Waals surface area contributed by atoms with Crippen LogP contribution in [0.25, 0.3) is 0 Å². The Morgan fingerprint density at radius 2 is 1.79 bits per heavy atom. The second-order valence-corrected chi connectivity index (χ2v) is 6.90. The average Bonchev–Trinajstić information content (AvgIpc) is 2.60. The van der Waals surface area contributed by atoms with Crippen LogP contribution in [0.5, 0.6) is 0 Å². The van der Waals surface area contributed by atoms with E-state index in [0.717, 1.165) is 36.3 Å². The third-order valence-corrected chi connectivity index (χ3v) is 5.44. The molecule has 124 valence electrons. The maximum Gasteiger partial charge on any atom is 0.326 e. The molecule has 0 aromatic heterocycles. The zero-order chi connectivity index (χ0) is 16.9. The van der Waals surface area contributed by atoms with Gasteiger partial charge in [-0.05, 0) is 37.2 Å². The van der Waals surface area contributed by atoms with Crippen LogP contribution >= 0.6 is 11.6 Å². The monoisotopic (exact) mass is 341 g/mol. The first-order valence-electron chi connectivity index (χ1n) is 8.19. The van der Waals surface area contributed by atoms with E-state index < -0.39 is 5.66 Å². The quantitative estimate of drug-likeness (QED) is 0.789. The van der Waals surface area contributed by atoms with Crippen molar-refractivity contribution in [1.29, 1.82) is 0 Å². The molecule has 24 heavy (non-hydrogen) atoms. The lowest BCUT2D eigenvalue weighted by atomic mass is 9.83. The van der Waals surface area contributed by atoms with Crippen molar-refractivity contribution in [3.63, 3.8) is 0 Å². The highest BCUT2D eigenvalue weighted by atomic mass is 35.5. The molecule has 2 aromatic carbocycles. The highest BCUT2D eigenvalue weighted by molar-refractivity contribution is 6.30. The first-order valence-corrected chi connectivity index (χ1v) is 8.56. The summed E-state index contributed by atoms with van der Waals surface area (Å²) in [5.41, 5.74) is 2.46. The van der Waals surface area contributed by atoms with E-state index in [1.54, 1.807) is 4.90 Å². The Bertz CT molecular complexity index is 794. The predicted molar refractivity (Wildman–Crippen MR) is 96.4 cm³/mol. The van der Waals surface area contributed by atoms with E-state index in [1.807, 2.05) is 48.3 Å². The van der Waals surface area contributed by atoms with Gasteiger partial charge in [0.05, 0.1) is 5.69 Å². The minimum Gasteiger partial charge on any atom is -0.297 e. The number of fused-ring (bicyclic) bond motifs is 3. The number of hydrogen-bond acceptors (Lipinski definition) is 2. The Morgan fingerprint density at radius 3 is 2.54 bits per heavy atom. The van der Waals surface area contributed by atoms with Gasteiger partial charge in [0, 0.05) is 30.7 Å². The third-order valence-electron chi connectivity index (χ3n) is 5.21. The molecule has 1 fully saturated rings. The summed E-state index contributed by atoms with van der Waals surface area (Å²) in [4.78, 5) is 19.1.